The molecule has 0 fully saturated rings. The molecule has 0 N–H and O–H groups in total. The number of rotatable bonds is 8. The maximum absolute atomic E-state index is 7.37. The second-order valence-electron chi connectivity index (χ2n) is 15.1. The van der Waals surface area contributed by atoms with Crippen molar-refractivity contribution in [2.75, 3.05) is 0 Å². The van der Waals surface area contributed by atoms with Gasteiger partial charge in [-0.15, -0.1) is 0 Å². The molecule has 0 aromatic heterocycles. The van der Waals surface area contributed by atoms with Crippen LogP contribution in [0.2, 0.25) is 28.7 Å². The molecule has 0 saturated heterocycles. The first-order valence-electron chi connectivity index (χ1n) is 12.5. The van der Waals surface area contributed by atoms with Crippen LogP contribution < -0.4 is 0 Å². The molecule has 0 aliphatic carbocycles. The van der Waals surface area contributed by atoms with Crippen molar-refractivity contribution in [2.24, 2.45) is 0 Å². The van der Waals surface area contributed by atoms with Gasteiger partial charge in [-0.3, -0.25) is 0 Å². The first-order valence-corrected chi connectivity index (χ1v) is 18.9. The monoisotopic (exact) mass is 522 g/mol. The third kappa shape index (κ3) is 10.1. The van der Waals surface area contributed by atoms with Gasteiger partial charge in [-0.25, -0.2) is 0 Å². The van der Waals surface area contributed by atoms with Crippen LogP contribution in [0.1, 0.15) is 118 Å². The van der Waals surface area contributed by atoms with E-state index < -0.39 is 42.7 Å². The summed E-state index contributed by atoms with van der Waals surface area (Å²) < 4.78 is 34.1. The Kier molecular flexibility index (Phi) is 10.2. The van der Waals surface area contributed by atoms with Crippen LogP contribution in [0.3, 0.4) is 0 Å². The molecule has 0 aliphatic rings. The van der Waals surface area contributed by atoms with Gasteiger partial charge in [-0.1, -0.05) is 55.4 Å². The van der Waals surface area contributed by atoms with E-state index >= 15 is 0 Å². The van der Waals surface area contributed by atoms with E-state index in [9.17, 15) is 0 Å². The van der Waals surface area contributed by atoms with Gasteiger partial charge in [-0.05, 0) is 91.0 Å². The van der Waals surface area contributed by atoms with Gasteiger partial charge in [-0.2, -0.15) is 0 Å². The molecule has 0 rings (SSSR count). The molecule has 0 aliphatic heterocycles. The standard InChI is InChI=1S/C25H58O5Si3/c1-20(2)32(24(12,13)14,25(15,16)17)29-31(18,19)30-33(26-21(3,4)5,27-22(6,7)8)28-23(9,10)11/h20H,1-19H3. The highest BCUT2D eigenvalue weighted by Gasteiger charge is 2.63. The average molecular weight is 523 g/mol. The van der Waals surface area contributed by atoms with E-state index in [2.05, 4.69) is 68.5 Å². The summed E-state index contributed by atoms with van der Waals surface area (Å²) in [6.07, 6.45) is 0. The third-order valence-corrected chi connectivity index (χ3v) is 20.0. The Morgan fingerprint density at radius 1 is 0.485 bits per heavy atom. The van der Waals surface area contributed by atoms with Gasteiger partial charge in [0.15, 0.2) is 8.32 Å². The van der Waals surface area contributed by atoms with Crippen molar-refractivity contribution in [3.8, 4) is 0 Å². The predicted molar refractivity (Wildman–Crippen MR) is 148 cm³/mol. The molecular formula is C25H58O5Si3. The summed E-state index contributed by atoms with van der Waals surface area (Å²) >= 11 is 0. The van der Waals surface area contributed by atoms with Crippen LogP contribution in [-0.4, -0.2) is 42.7 Å². The smallest absolute Gasteiger partial charge is 0.435 e. The molecule has 0 amide bonds. The number of hydrogen-bond acceptors (Lipinski definition) is 5. The van der Waals surface area contributed by atoms with Gasteiger partial charge < -0.3 is 21.5 Å². The summed E-state index contributed by atoms with van der Waals surface area (Å²) in [7, 11) is -8.83. The molecule has 0 spiro atoms. The zero-order valence-electron chi connectivity index (χ0n) is 25.6. The SMILES string of the molecule is CC(C)[Si](O[Si](C)(C)O[Si](OC(C)(C)C)(OC(C)(C)C)OC(C)(C)C)(C(C)(C)C)C(C)(C)C. The van der Waals surface area contributed by atoms with E-state index in [-0.39, 0.29) is 10.1 Å². The Morgan fingerprint density at radius 3 is 0.939 bits per heavy atom. The molecule has 0 radical (unpaired) electrons. The van der Waals surface area contributed by atoms with Gasteiger partial charge in [0.1, 0.15) is 0 Å². The molecule has 0 aromatic carbocycles. The van der Waals surface area contributed by atoms with E-state index in [4.69, 9.17) is 21.5 Å². The fraction of sp³-hybridized carbons (Fsp3) is 1.00. The maximum atomic E-state index is 7.37. The Bertz CT molecular complexity index is 572. The van der Waals surface area contributed by atoms with E-state index in [0.717, 1.165) is 0 Å². The van der Waals surface area contributed by atoms with Crippen LogP contribution in [-0.2, 0) is 21.5 Å². The van der Waals surface area contributed by atoms with E-state index in [1.54, 1.807) is 0 Å². The highest BCUT2D eigenvalue weighted by atomic mass is 28.5. The van der Waals surface area contributed by atoms with Crippen LogP contribution in [0.15, 0.2) is 0 Å². The number of hydrogen-bond donors (Lipinski definition) is 0. The van der Waals surface area contributed by atoms with Crippen molar-refractivity contribution in [3.63, 3.8) is 0 Å². The van der Waals surface area contributed by atoms with Crippen LogP contribution in [0, 0.1) is 0 Å². The molecule has 0 bridgehead atoms. The molecule has 0 saturated carbocycles. The van der Waals surface area contributed by atoms with Crippen molar-refractivity contribution in [3.05, 3.63) is 0 Å². The van der Waals surface area contributed by atoms with E-state index in [1.165, 1.54) is 0 Å². The molecule has 33 heavy (non-hydrogen) atoms. The van der Waals surface area contributed by atoms with E-state index in [1.807, 2.05) is 62.3 Å². The van der Waals surface area contributed by atoms with Crippen molar-refractivity contribution < 1.29 is 21.5 Å². The van der Waals surface area contributed by atoms with Gasteiger partial charge in [0.05, 0.1) is 16.8 Å². The van der Waals surface area contributed by atoms with Crippen LogP contribution in [0.25, 0.3) is 0 Å². The Morgan fingerprint density at radius 2 is 0.758 bits per heavy atom. The van der Waals surface area contributed by atoms with Crippen LogP contribution >= 0.6 is 0 Å². The third-order valence-electron chi connectivity index (χ3n) is 5.11. The lowest BCUT2D eigenvalue weighted by Crippen LogP contribution is -2.68. The Hall–Kier alpha value is 0.451. The minimum Gasteiger partial charge on any atom is -0.435 e. The molecular weight excluding hydrogens is 465 g/mol. The summed E-state index contributed by atoms with van der Waals surface area (Å²) in [4.78, 5) is 0. The van der Waals surface area contributed by atoms with Gasteiger partial charge in [0.2, 0.25) is 0 Å². The van der Waals surface area contributed by atoms with Crippen molar-refractivity contribution in [1.82, 2.24) is 0 Å². The van der Waals surface area contributed by atoms with Crippen molar-refractivity contribution >= 4 is 25.9 Å². The lowest BCUT2D eigenvalue weighted by atomic mass is 10.2. The lowest BCUT2D eigenvalue weighted by molar-refractivity contribution is -0.118. The van der Waals surface area contributed by atoms with Crippen molar-refractivity contribution in [1.29, 1.82) is 0 Å². The lowest BCUT2D eigenvalue weighted by Gasteiger charge is -2.57. The molecule has 0 atom stereocenters. The topological polar surface area (TPSA) is 46.2 Å². The largest absolute Gasteiger partial charge is 0.671 e. The van der Waals surface area contributed by atoms with E-state index in [0.29, 0.717) is 5.54 Å². The molecule has 5 nitrogen and oxygen atoms in total. The van der Waals surface area contributed by atoms with Gasteiger partial charge in [0, 0.05) is 0 Å². The van der Waals surface area contributed by atoms with Gasteiger partial charge in [0.25, 0.3) is 0 Å². The summed E-state index contributed by atoms with van der Waals surface area (Å²) in [5.74, 6) is 0. The summed E-state index contributed by atoms with van der Waals surface area (Å²) in [6, 6.07) is 0. The fourth-order valence-electron chi connectivity index (χ4n) is 5.24. The van der Waals surface area contributed by atoms with Crippen LogP contribution in [0.4, 0.5) is 0 Å². The average Bonchev–Trinajstić information content (AvgIpc) is 2.33. The molecule has 0 aromatic rings. The normalized spacial score (nSPS) is 16.0. The molecule has 0 unspecified atom stereocenters. The minimum absolute atomic E-state index is 0.0118. The minimum atomic E-state index is -3.63. The highest BCUT2D eigenvalue weighted by Crippen LogP contribution is 2.58. The zero-order valence-corrected chi connectivity index (χ0v) is 28.6. The second kappa shape index (κ2) is 10.1. The van der Waals surface area contributed by atoms with Crippen LogP contribution in [0.5, 0.6) is 0 Å². The second-order valence-corrected chi connectivity index (χ2v) is 26.8. The van der Waals surface area contributed by atoms with Gasteiger partial charge >= 0.3 is 17.6 Å². The summed E-state index contributed by atoms with van der Waals surface area (Å²) in [6.45, 7) is 40.9. The Balaban J connectivity index is 6.76. The molecule has 8 heteroatoms. The first-order chi connectivity index (χ1) is 14.0. The summed E-state index contributed by atoms with van der Waals surface area (Å²) in [5.41, 5.74) is -1.12. The molecule has 200 valence electrons. The fourth-order valence-corrected chi connectivity index (χ4v) is 23.3. The molecule has 0 heterocycles. The Labute approximate surface area is 210 Å². The highest BCUT2D eigenvalue weighted by molar-refractivity contribution is 6.89. The van der Waals surface area contributed by atoms with Crippen molar-refractivity contribution in [2.45, 2.75) is 163 Å². The maximum Gasteiger partial charge on any atom is 0.671 e. The first kappa shape index (κ1) is 33.5. The predicted octanol–water partition coefficient (Wildman–Crippen LogP) is 8.56. The summed E-state index contributed by atoms with van der Waals surface area (Å²) in [5, 5.41) is 0.0236. The zero-order chi connectivity index (χ0) is 27.1. The quantitative estimate of drug-likeness (QED) is 0.299.